The van der Waals surface area contributed by atoms with E-state index in [1.165, 1.54) is 0 Å². The molecule has 2 aromatic rings. The van der Waals surface area contributed by atoms with Crippen molar-refractivity contribution in [2.24, 2.45) is 0 Å². The minimum Gasteiger partial charge on any atom is -0.496 e. The summed E-state index contributed by atoms with van der Waals surface area (Å²) in [7, 11) is 3.37. The number of carbonyl (C=O) groups excluding carboxylic acids is 1. The Hall–Kier alpha value is -2.49. The van der Waals surface area contributed by atoms with Crippen molar-refractivity contribution in [2.75, 3.05) is 27.3 Å². The third-order valence-corrected chi connectivity index (χ3v) is 3.44. The Morgan fingerprint density at radius 3 is 2.55 bits per heavy atom. The number of amides is 1. The number of nitrogens with zero attached hydrogens (tertiary/aromatic N) is 1. The number of methoxy groups -OCH3 is 1. The molecule has 0 aliphatic carbocycles. The molecule has 0 aromatic heterocycles. The molecule has 0 saturated heterocycles. The number of hydrogen-bond acceptors (Lipinski definition) is 3. The number of hydrogen-bond donors (Lipinski definition) is 0. The van der Waals surface area contributed by atoms with E-state index in [2.05, 4.69) is 0 Å². The van der Waals surface area contributed by atoms with Crippen LogP contribution in [0.1, 0.15) is 15.9 Å². The second kappa shape index (κ2) is 7.50. The molecule has 0 spiro atoms. The zero-order valence-electron chi connectivity index (χ0n) is 13.2. The van der Waals surface area contributed by atoms with Gasteiger partial charge in [0.25, 0.3) is 5.91 Å². The first-order valence-corrected chi connectivity index (χ1v) is 7.20. The van der Waals surface area contributed by atoms with Gasteiger partial charge in [-0.15, -0.1) is 0 Å². The molecule has 22 heavy (non-hydrogen) atoms. The van der Waals surface area contributed by atoms with E-state index in [0.29, 0.717) is 18.7 Å². The van der Waals surface area contributed by atoms with Crippen LogP contribution in [-0.2, 0) is 0 Å². The second-order valence-electron chi connectivity index (χ2n) is 5.07. The highest BCUT2D eigenvalue weighted by Crippen LogP contribution is 2.19. The van der Waals surface area contributed by atoms with Gasteiger partial charge in [0.05, 0.1) is 13.7 Å². The molecular weight excluding hydrogens is 278 g/mol. The predicted molar refractivity (Wildman–Crippen MR) is 86.6 cm³/mol. The number of ether oxygens (including phenoxy) is 2. The van der Waals surface area contributed by atoms with Crippen molar-refractivity contribution in [1.29, 1.82) is 0 Å². The van der Waals surface area contributed by atoms with E-state index < -0.39 is 0 Å². The summed E-state index contributed by atoms with van der Waals surface area (Å²) in [5, 5.41) is 0. The number of benzene rings is 2. The smallest absolute Gasteiger partial charge is 0.253 e. The summed E-state index contributed by atoms with van der Waals surface area (Å²) in [6, 6.07) is 15.0. The molecule has 0 unspecified atom stereocenters. The molecule has 0 radical (unpaired) electrons. The summed E-state index contributed by atoms with van der Waals surface area (Å²) < 4.78 is 10.9. The molecule has 116 valence electrons. The molecule has 2 rings (SSSR count). The van der Waals surface area contributed by atoms with Crippen LogP contribution in [0.15, 0.2) is 48.5 Å². The van der Waals surface area contributed by atoms with Gasteiger partial charge in [-0.2, -0.15) is 0 Å². The van der Waals surface area contributed by atoms with Gasteiger partial charge in [-0.3, -0.25) is 4.79 Å². The quantitative estimate of drug-likeness (QED) is 0.822. The van der Waals surface area contributed by atoms with Crippen molar-refractivity contribution in [1.82, 2.24) is 4.90 Å². The van der Waals surface area contributed by atoms with E-state index in [1.54, 1.807) is 25.1 Å². The Morgan fingerprint density at radius 1 is 1.14 bits per heavy atom. The Labute approximate surface area is 131 Å². The molecule has 1 amide bonds. The number of rotatable bonds is 6. The average Bonchev–Trinajstić information content (AvgIpc) is 2.55. The minimum absolute atomic E-state index is 0.0463. The molecule has 2 aromatic carbocycles. The van der Waals surface area contributed by atoms with E-state index in [9.17, 15) is 4.79 Å². The highest BCUT2D eigenvalue weighted by molar-refractivity contribution is 5.94. The number of likely N-dealkylation sites (N-methyl/N-ethyl adjacent to an activating group) is 1. The van der Waals surface area contributed by atoms with Crippen molar-refractivity contribution in [3.8, 4) is 11.5 Å². The Balaban J connectivity index is 1.92. The van der Waals surface area contributed by atoms with Crippen LogP contribution >= 0.6 is 0 Å². The van der Waals surface area contributed by atoms with Gasteiger partial charge in [-0.05, 0) is 36.8 Å². The van der Waals surface area contributed by atoms with Gasteiger partial charge in [0.2, 0.25) is 0 Å². The van der Waals surface area contributed by atoms with E-state index in [1.807, 2.05) is 49.4 Å². The lowest BCUT2D eigenvalue weighted by Crippen LogP contribution is -2.30. The zero-order valence-corrected chi connectivity index (χ0v) is 13.2. The van der Waals surface area contributed by atoms with Gasteiger partial charge in [-0.25, -0.2) is 0 Å². The normalized spacial score (nSPS) is 10.1. The molecule has 0 fully saturated rings. The fourth-order valence-electron chi connectivity index (χ4n) is 2.09. The van der Waals surface area contributed by atoms with Gasteiger partial charge in [0.1, 0.15) is 18.1 Å². The van der Waals surface area contributed by atoms with Crippen LogP contribution in [-0.4, -0.2) is 38.1 Å². The van der Waals surface area contributed by atoms with Crippen LogP contribution < -0.4 is 9.47 Å². The first-order valence-electron chi connectivity index (χ1n) is 7.20. The van der Waals surface area contributed by atoms with Gasteiger partial charge in [-0.1, -0.05) is 24.3 Å². The second-order valence-corrected chi connectivity index (χ2v) is 5.07. The minimum atomic E-state index is -0.0463. The van der Waals surface area contributed by atoms with Crippen molar-refractivity contribution >= 4 is 5.91 Å². The Morgan fingerprint density at radius 2 is 1.86 bits per heavy atom. The van der Waals surface area contributed by atoms with E-state index in [4.69, 9.17) is 9.47 Å². The van der Waals surface area contributed by atoms with Crippen molar-refractivity contribution in [3.63, 3.8) is 0 Å². The van der Waals surface area contributed by atoms with Crippen LogP contribution in [0, 0.1) is 6.92 Å². The molecule has 4 heteroatoms. The lowest BCUT2D eigenvalue weighted by molar-refractivity contribution is 0.0773. The first-order chi connectivity index (χ1) is 10.6. The van der Waals surface area contributed by atoms with Crippen LogP contribution in [0.4, 0.5) is 0 Å². The molecule has 0 aliphatic rings. The van der Waals surface area contributed by atoms with Crippen molar-refractivity contribution in [2.45, 2.75) is 6.92 Å². The SMILES string of the molecule is COc1cc(C(=O)N(C)CCOc2ccccc2)ccc1C. The maximum Gasteiger partial charge on any atom is 0.253 e. The van der Waals surface area contributed by atoms with E-state index in [-0.39, 0.29) is 5.91 Å². The molecule has 0 aliphatic heterocycles. The van der Waals surface area contributed by atoms with Gasteiger partial charge in [0.15, 0.2) is 0 Å². The molecule has 0 N–H and O–H groups in total. The summed E-state index contributed by atoms with van der Waals surface area (Å²) in [5.74, 6) is 1.48. The maximum absolute atomic E-state index is 12.4. The average molecular weight is 299 g/mol. The third-order valence-electron chi connectivity index (χ3n) is 3.44. The standard InChI is InChI=1S/C18H21NO3/c1-14-9-10-15(13-17(14)21-3)18(20)19(2)11-12-22-16-7-5-4-6-8-16/h4-10,13H,11-12H2,1-3H3. The predicted octanol–water partition coefficient (Wildman–Crippen LogP) is 3.15. The van der Waals surface area contributed by atoms with Gasteiger partial charge < -0.3 is 14.4 Å². The summed E-state index contributed by atoms with van der Waals surface area (Å²) in [6.45, 7) is 2.92. The van der Waals surface area contributed by atoms with E-state index in [0.717, 1.165) is 17.1 Å². The fraction of sp³-hybridized carbons (Fsp3) is 0.278. The number of carbonyl (C=O) groups is 1. The summed E-state index contributed by atoms with van der Waals surface area (Å²) in [6.07, 6.45) is 0. The van der Waals surface area contributed by atoms with E-state index >= 15 is 0 Å². The van der Waals surface area contributed by atoms with Crippen LogP contribution in [0.5, 0.6) is 11.5 Å². The maximum atomic E-state index is 12.4. The van der Waals surface area contributed by atoms with Gasteiger partial charge in [0, 0.05) is 12.6 Å². The largest absolute Gasteiger partial charge is 0.496 e. The van der Waals surface area contributed by atoms with Crippen LogP contribution in [0.2, 0.25) is 0 Å². The highest BCUT2D eigenvalue weighted by Gasteiger charge is 2.13. The van der Waals surface area contributed by atoms with Crippen molar-refractivity contribution < 1.29 is 14.3 Å². The number of aryl methyl sites for hydroxylation is 1. The fourth-order valence-corrected chi connectivity index (χ4v) is 2.09. The molecule has 0 atom stereocenters. The topological polar surface area (TPSA) is 38.8 Å². The Bertz CT molecular complexity index is 625. The molecule has 0 saturated carbocycles. The molecule has 4 nitrogen and oxygen atoms in total. The summed E-state index contributed by atoms with van der Waals surface area (Å²) >= 11 is 0. The third kappa shape index (κ3) is 4.01. The summed E-state index contributed by atoms with van der Waals surface area (Å²) in [5.41, 5.74) is 1.62. The highest BCUT2D eigenvalue weighted by atomic mass is 16.5. The first kappa shape index (κ1) is 15.9. The Kier molecular flexibility index (Phi) is 5.42. The van der Waals surface area contributed by atoms with Crippen molar-refractivity contribution in [3.05, 3.63) is 59.7 Å². The van der Waals surface area contributed by atoms with Gasteiger partial charge >= 0.3 is 0 Å². The van der Waals surface area contributed by atoms with Crippen LogP contribution in [0.25, 0.3) is 0 Å². The molecule has 0 bridgehead atoms. The lowest BCUT2D eigenvalue weighted by atomic mass is 10.1. The van der Waals surface area contributed by atoms with Crippen LogP contribution in [0.3, 0.4) is 0 Å². The number of para-hydroxylation sites is 1. The monoisotopic (exact) mass is 299 g/mol. The summed E-state index contributed by atoms with van der Waals surface area (Å²) in [4.78, 5) is 14.0. The zero-order chi connectivity index (χ0) is 15.9. The lowest BCUT2D eigenvalue weighted by Gasteiger charge is -2.18. The molecule has 0 heterocycles. The molecular formula is C18H21NO3.